The minimum atomic E-state index is -0.838. The maximum absolute atomic E-state index is 11.7. The molecule has 1 aromatic rings. The van der Waals surface area contributed by atoms with E-state index in [2.05, 4.69) is 4.98 Å². The first-order valence-electron chi connectivity index (χ1n) is 6.00. The lowest BCUT2D eigenvalue weighted by atomic mass is 10.2. The van der Waals surface area contributed by atoms with Gasteiger partial charge in [-0.3, -0.25) is 19.4 Å². The van der Waals surface area contributed by atoms with Gasteiger partial charge in [0.2, 0.25) is 0 Å². The second-order valence-corrected chi connectivity index (χ2v) is 4.38. The summed E-state index contributed by atoms with van der Waals surface area (Å²) in [6.07, 6.45) is 1.51. The minimum Gasteiger partial charge on any atom is -0.325 e. The number of pyridine rings is 1. The number of aromatic nitrogens is 1. The van der Waals surface area contributed by atoms with Gasteiger partial charge in [0.25, 0.3) is 11.8 Å². The number of hydroxylamine groups is 2. The van der Waals surface area contributed by atoms with E-state index in [1.807, 2.05) is 0 Å². The van der Waals surface area contributed by atoms with Crippen LogP contribution in [-0.4, -0.2) is 33.6 Å². The highest BCUT2D eigenvalue weighted by Crippen LogP contribution is 2.14. The fourth-order valence-corrected chi connectivity index (χ4v) is 1.70. The number of imide groups is 1. The second-order valence-electron chi connectivity index (χ2n) is 4.38. The number of amides is 2. The molecule has 2 rings (SSSR count). The highest BCUT2D eigenvalue weighted by atomic mass is 16.7. The summed E-state index contributed by atoms with van der Waals surface area (Å²) in [4.78, 5) is 53.9. The Morgan fingerprint density at radius 3 is 2.40 bits per heavy atom. The third kappa shape index (κ3) is 3.05. The van der Waals surface area contributed by atoms with Crippen LogP contribution >= 0.6 is 0 Å². The lowest BCUT2D eigenvalue weighted by molar-refractivity contribution is -0.172. The molecule has 1 saturated heterocycles. The topological polar surface area (TPSA) is 93.6 Å². The molecule has 0 atom stereocenters. The third-order valence-corrected chi connectivity index (χ3v) is 2.67. The molecule has 0 aliphatic carbocycles. The van der Waals surface area contributed by atoms with E-state index in [1.165, 1.54) is 25.3 Å². The third-order valence-electron chi connectivity index (χ3n) is 2.67. The lowest BCUT2D eigenvalue weighted by Crippen LogP contribution is -2.32. The normalized spacial score (nSPS) is 14.6. The summed E-state index contributed by atoms with van der Waals surface area (Å²) in [7, 11) is 0. The molecule has 7 nitrogen and oxygen atoms in total. The van der Waals surface area contributed by atoms with Crippen LogP contribution in [0.4, 0.5) is 0 Å². The molecule has 20 heavy (non-hydrogen) atoms. The van der Waals surface area contributed by atoms with E-state index in [1.54, 1.807) is 0 Å². The monoisotopic (exact) mass is 276 g/mol. The molecule has 104 valence electrons. The first kappa shape index (κ1) is 13.9. The fourth-order valence-electron chi connectivity index (χ4n) is 1.70. The standard InChI is InChI=1S/C13H12N2O5/c1-8(16)6-10-3-2-9(7-14-10)13(19)20-15-11(17)4-5-12(15)18/h2-3,7H,4-6H2,1H3. The first-order chi connectivity index (χ1) is 9.47. The molecular weight excluding hydrogens is 264 g/mol. The number of Topliss-reactive ketones (excluding diaryl/α,β-unsaturated/α-hetero) is 1. The lowest BCUT2D eigenvalue weighted by Gasteiger charge is -2.12. The second kappa shape index (κ2) is 5.60. The summed E-state index contributed by atoms with van der Waals surface area (Å²) < 4.78 is 0. The maximum atomic E-state index is 11.7. The number of rotatable bonds is 4. The highest BCUT2D eigenvalue weighted by Gasteiger charge is 2.33. The van der Waals surface area contributed by atoms with Gasteiger partial charge in [-0.1, -0.05) is 0 Å². The number of ketones is 1. The summed E-state index contributed by atoms with van der Waals surface area (Å²) in [6.45, 7) is 1.44. The first-order valence-corrected chi connectivity index (χ1v) is 6.00. The van der Waals surface area contributed by atoms with Crippen LogP contribution in [0.25, 0.3) is 0 Å². The summed E-state index contributed by atoms with van der Waals surface area (Å²) in [5, 5.41) is 0.478. The van der Waals surface area contributed by atoms with Crippen molar-refractivity contribution in [2.75, 3.05) is 0 Å². The Morgan fingerprint density at radius 2 is 1.90 bits per heavy atom. The molecular formula is C13H12N2O5. The summed E-state index contributed by atoms with van der Waals surface area (Å²) in [5.41, 5.74) is 0.632. The predicted molar refractivity (Wildman–Crippen MR) is 65.1 cm³/mol. The van der Waals surface area contributed by atoms with Crippen molar-refractivity contribution in [2.24, 2.45) is 0 Å². The van der Waals surface area contributed by atoms with Crippen molar-refractivity contribution in [1.82, 2.24) is 10.0 Å². The minimum absolute atomic E-state index is 0.0407. The summed E-state index contributed by atoms with van der Waals surface area (Å²) in [6, 6.07) is 2.95. The van der Waals surface area contributed by atoms with E-state index < -0.39 is 17.8 Å². The van der Waals surface area contributed by atoms with Crippen LogP contribution in [0.3, 0.4) is 0 Å². The molecule has 1 aliphatic rings. The molecule has 7 heteroatoms. The molecule has 1 aromatic heterocycles. The Kier molecular flexibility index (Phi) is 3.88. The zero-order valence-corrected chi connectivity index (χ0v) is 10.8. The molecule has 0 bridgehead atoms. The molecule has 0 unspecified atom stereocenters. The predicted octanol–water partition coefficient (Wildman–Crippen LogP) is 0.434. The van der Waals surface area contributed by atoms with E-state index in [0.717, 1.165) is 0 Å². The molecule has 0 saturated carbocycles. The molecule has 1 aliphatic heterocycles. The molecule has 0 spiro atoms. The molecule has 2 amide bonds. The van der Waals surface area contributed by atoms with Crippen molar-refractivity contribution in [3.8, 4) is 0 Å². The fraction of sp³-hybridized carbons (Fsp3) is 0.308. The smallest absolute Gasteiger partial charge is 0.325 e. The van der Waals surface area contributed by atoms with Gasteiger partial charge in [-0.25, -0.2) is 4.79 Å². The summed E-state index contributed by atoms with van der Waals surface area (Å²) in [5.74, 6) is -1.95. The van der Waals surface area contributed by atoms with Crippen molar-refractivity contribution in [1.29, 1.82) is 0 Å². The summed E-state index contributed by atoms with van der Waals surface area (Å²) >= 11 is 0. The van der Waals surface area contributed by atoms with E-state index in [0.29, 0.717) is 10.8 Å². The molecule has 0 N–H and O–H groups in total. The molecule has 1 fully saturated rings. The average molecular weight is 276 g/mol. The van der Waals surface area contributed by atoms with Gasteiger partial charge in [0, 0.05) is 31.2 Å². The van der Waals surface area contributed by atoms with Gasteiger partial charge in [-0.05, 0) is 19.1 Å². The van der Waals surface area contributed by atoms with Crippen LogP contribution in [0.5, 0.6) is 0 Å². The quantitative estimate of drug-likeness (QED) is 0.740. The van der Waals surface area contributed by atoms with Gasteiger partial charge in [0.15, 0.2) is 0 Å². The van der Waals surface area contributed by atoms with Gasteiger partial charge in [-0.2, -0.15) is 0 Å². The Labute approximate surface area is 114 Å². The van der Waals surface area contributed by atoms with Gasteiger partial charge in [0.1, 0.15) is 5.78 Å². The highest BCUT2D eigenvalue weighted by molar-refractivity contribution is 6.02. The van der Waals surface area contributed by atoms with E-state index in [9.17, 15) is 19.2 Å². The maximum Gasteiger partial charge on any atom is 0.365 e. The Morgan fingerprint density at radius 1 is 1.25 bits per heavy atom. The zero-order valence-electron chi connectivity index (χ0n) is 10.8. The molecule has 0 aromatic carbocycles. The van der Waals surface area contributed by atoms with Crippen LogP contribution in [0.1, 0.15) is 35.8 Å². The molecule has 2 heterocycles. The van der Waals surface area contributed by atoms with Crippen molar-refractivity contribution in [2.45, 2.75) is 26.2 Å². The zero-order chi connectivity index (χ0) is 14.7. The Balaban J connectivity index is 2.04. The Bertz CT molecular complexity index is 563. The van der Waals surface area contributed by atoms with Crippen LogP contribution in [0, 0.1) is 0 Å². The van der Waals surface area contributed by atoms with Crippen LogP contribution in [0.15, 0.2) is 18.3 Å². The van der Waals surface area contributed by atoms with Crippen LogP contribution < -0.4 is 0 Å². The molecule has 0 radical (unpaired) electrons. The van der Waals surface area contributed by atoms with Gasteiger partial charge >= 0.3 is 5.97 Å². The number of carbonyl (C=O) groups is 4. The number of hydrogen-bond donors (Lipinski definition) is 0. The van der Waals surface area contributed by atoms with Crippen molar-refractivity contribution >= 4 is 23.6 Å². The van der Waals surface area contributed by atoms with Crippen molar-refractivity contribution in [3.05, 3.63) is 29.6 Å². The number of carbonyl (C=O) groups excluding carboxylic acids is 4. The van der Waals surface area contributed by atoms with E-state index in [-0.39, 0.29) is 30.6 Å². The number of hydrogen-bond acceptors (Lipinski definition) is 6. The average Bonchev–Trinajstić information content (AvgIpc) is 2.70. The van der Waals surface area contributed by atoms with Crippen molar-refractivity contribution < 1.29 is 24.0 Å². The van der Waals surface area contributed by atoms with E-state index in [4.69, 9.17) is 4.84 Å². The van der Waals surface area contributed by atoms with Crippen LogP contribution in [-0.2, 0) is 25.6 Å². The van der Waals surface area contributed by atoms with Crippen LogP contribution in [0.2, 0.25) is 0 Å². The SMILES string of the molecule is CC(=O)Cc1ccc(C(=O)ON2C(=O)CCC2=O)cn1. The van der Waals surface area contributed by atoms with Gasteiger partial charge < -0.3 is 4.84 Å². The Hall–Kier alpha value is -2.57. The van der Waals surface area contributed by atoms with Gasteiger partial charge in [0.05, 0.1) is 5.56 Å². The van der Waals surface area contributed by atoms with E-state index >= 15 is 0 Å². The van der Waals surface area contributed by atoms with Gasteiger partial charge in [-0.15, -0.1) is 5.06 Å². The largest absolute Gasteiger partial charge is 0.365 e. The van der Waals surface area contributed by atoms with Crippen molar-refractivity contribution in [3.63, 3.8) is 0 Å². The number of nitrogens with zero attached hydrogens (tertiary/aromatic N) is 2.